The average Bonchev–Trinajstić information content (AvgIpc) is 3.20. The van der Waals surface area contributed by atoms with Crippen LogP contribution in [0, 0.1) is 34.4 Å². The summed E-state index contributed by atoms with van der Waals surface area (Å²) in [7, 11) is 0. The largest absolute Gasteiger partial charge is 0.454 e. The van der Waals surface area contributed by atoms with Crippen molar-refractivity contribution in [2.24, 2.45) is 39.3 Å². The lowest BCUT2D eigenvalue weighted by Gasteiger charge is -2.60. The molecule has 0 aromatic heterocycles. The van der Waals surface area contributed by atoms with Gasteiger partial charge in [-0.2, -0.15) is 0 Å². The highest BCUT2D eigenvalue weighted by molar-refractivity contribution is 7.96. The summed E-state index contributed by atoms with van der Waals surface area (Å²) in [5.74, 6) is -1.79. The van der Waals surface area contributed by atoms with E-state index in [-0.39, 0.29) is 35.4 Å². The van der Waals surface area contributed by atoms with E-state index in [1.165, 1.54) is 24.6 Å². The van der Waals surface area contributed by atoms with Crippen molar-refractivity contribution in [3.63, 3.8) is 0 Å². The minimum absolute atomic E-state index is 0.00601. The molecule has 0 radical (unpaired) electrons. The molecule has 4 aliphatic carbocycles. The lowest BCUT2D eigenvalue weighted by molar-refractivity contribution is -0.199. The van der Waals surface area contributed by atoms with E-state index >= 15 is 0 Å². The molecular formula is C31H37FN2O6S. The van der Waals surface area contributed by atoms with Crippen molar-refractivity contribution in [2.45, 2.75) is 71.0 Å². The number of hydrogen-bond donors (Lipinski definition) is 3. The number of rotatable bonds is 5. The third kappa shape index (κ3) is 4.82. The van der Waals surface area contributed by atoms with Crippen molar-refractivity contribution in [3.05, 3.63) is 53.5 Å². The Labute approximate surface area is 244 Å². The number of ether oxygens (including phenoxy) is 2. The zero-order chi connectivity index (χ0) is 29.7. The first-order valence-corrected chi connectivity index (χ1v) is 14.5. The number of aliphatic hydroxyl groups excluding tert-OH is 1. The van der Waals surface area contributed by atoms with E-state index in [1.807, 2.05) is 6.92 Å². The predicted molar refractivity (Wildman–Crippen MR) is 154 cm³/mol. The van der Waals surface area contributed by atoms with Gasteiger partial charge in [0, 0.05) is 12.3 Å². The summed E-state index contributed by atoms with van der Waals surface area (Å²) < 4.78 is 24.1. The fraction of sp³-hybridized carbons (Fsp3) is 0.548. The zero-order valence-corrected chi connectivity index (χ0v) is 24.5. The van der Waals surface area contributed by atoms with E-state index in [2.05, 4.69) is 25.6 Å². The van der Waals surface area contributed by atoms with Crippen LogP contribution in [0.15, 0.2) is 52.7 Å². The number of aliphatic hydroxyl groups is 1. The summed E-state index contributed by atoms with van der Waals surface area (Å²) in [6, 6.07) is 5.99. The molecule has 10 heteroatoms. The number of nitrogens with two attached hydrogens (primary N) is 1. The predicted octanol–water partition coefficient (Wildman–Crippen LogP) is 4.59. The fourth-order valence-electron chi connectivity index (χ4n) is 8.52. The topological polar surface area (TPSA) is 128 Å². The van der Waals surface area contributed by atoms with Gasteiger partial charge < -0.3 is 20.3 Å². The number of aliphatic imine (C=N–C) groups is 1. The van der Waals surface area contributed by atoms with Crippen LogP contribution < -0.4 is 5.73 Å². The van der Waals surface area contributed by atoms with Crippen LogP contribution in [-0.4, -0.2) is 46.2 Å². The lowest BCUT2D eigenvalue weighted by atomic mass is 9.45. The van der Waals surface area contributed by atoms with Crippen LogP contribution in [0.3, 0.4) is 0 Å². The molecule has 0 amide bonds. The maximum Gasteiger partial charge on any atom is 0.345 e. The molecule has 220 valence electrons. The minimum Gasteiger partial charge on any atom is -0.454 e. The second-order valence-electron chi connectivity index (χ2n) is 12.4. The molecule has 3 fully saturated rings. The van der Waals surface area contributed by atoms with Crippen molar-refractivity contribution in [3.8, 4) is 0 Å². The molecule has 7 atom stereocenters. The molecule has 3 N–H and O–H groups in total. The zero-order valence-electron chi connectivity index (χ0n) is 23.6. The van der Waals surface area contributed by atoms with Gasteiger partial charge in [0.05, 0.1) is 17.5 Å². The van der Waals surface area contributed by atoms with Crippen LogP contribution in [-0.2, 0) is 23.9 Å². The van der Waals surface area contributed by atoms with Gasteiger partial charge in [0.15, 0.2) is 12.2 Å². The lowest BCUT2D eigenvalue weighted by Crippen LogP contribution is -2.62. The second kappa shape index (κ2) is 10.7. The Morgan fingerprint density at radius 1 is 1.22 bits per heavy atom. The molecule has 3 saturated carbocycles. The van der Waals surface area contributed by atoms with Gasteiger partial charge in [0.1, 0.15) is 5.82 Å². The van der Waals surface area contributed by atoms with Crippen LogP contribution in [0.1, 0.15) is 59.3 Å². The highest BCUT2D eigenvalue weighted by atomic mass is 32.1. The van der Waals surface area contributed by atoms with E-state index in [9.17, 15) is 23.9 Å². The number of nitrogens with zero attached hydrogens (tertiary/aromatic N) is 1. The molecule has 0 aliphatic heterocycles. The summed E-state index contributed by atoms with van der Waals surface area (Å²) in [5, 5.41) is 11.3. The molecule has 2 unspecified atom stereocenters. The van der Waals surface area contributed by atoms with Gasteiger partial charge in [0.2, 0.25) is 5.12 Å². The first-order chi connectivity index (χ1) is 19.3. The highest BCUT2D eigenvalue weighted by Crippen LogP contribution is 2.68. The van der Waals surface area contributed by atoms with Crippen molar-refractivity contribution in [2.75, 3.05) is 6.61 Å². The minimum atomic E-state index is -1.52. The molecule has 4 aliphatic rings. The van der Waals surface area contributed by atoms with Crippen LogP contribution in [0.25, 0.3) is 0 Å². The Balaban J connectivity index is 1.47. The number of halogens is 1. The standard InChI is InChI=1S/C31H37FN2O6S/c1-17(35)39-16-26(37)40-31(28(38)41)11-10-23-22-9-4-19-12-24(34-21-7-5-20(32)6-8-21)18(15-33)13-29(19,2)27(22)25(36)14-30(23,31)3/h5-8,12,15,22-23,25,27,36H,4,9-11,13-14,16,33H2,1-3H3,(H,38,41)/t22-,23?,25-,27?,29-,30-,31-/m0/s1. The van der Waals surface area contributed by atoms with E-state index in [0.29, 0.717) is 24.9 Å². The molecule has 1 aromatic rings. The third-order valence-electron chi connectivity index (χ3n) is 10.3. The maximum atomic E-state index is 13.4. The Morgan fingerprint density at radius 2 is 1.93 bits per heavy atom. The fourth-order valence-corrected chi connectivity index (χ4v) is 8.94. The SMILES string of the molecule is CC(=O)OCC(=O)O[C@]1(C(=O)S)CCC2[C@@H]3CCC4=CC(=Nc5ccc(F)cc5)C(=CN)C[C@]4(C)C3[C@@H](O)C[C@@]21C. The third-order valence-corrected chi connectivity index (χ3v) is 10.7. The Morgan fingerprint density at radius 3 is 2.56 bits per heavy atom. The summed E-state index contributed by atoms with van der Waals surface area (Å²) in [4.78, 5) is 41.7. The van der Waals surface area contributed by atoms with Gasteiger partial charge in [-0.3, -0.25) is 9.59 Å². The van der Waals surface area contributed by atoms with Gasteiger partial charge in [-0.1, -0.05) is 19.4 Å². The number of carbonyl (C=O) groups excluding carboxylic acids is 3. The summed E-state index contributed by atoms with van der Waals surface area (Å²) in [5.41, 5.74) is 6.76. The van der Waals surface area contributed by atoms with E-state index in [1.54, 1.807) is 18.3 Å². The van der Waals surface area contributed by atoms with E-state index < -0.39 is 40.8 Å². The molecule has 0 bridgehead atoms. The van der Waals surface area contributed by atoms with Gasteiger partial charge in [-0.05, 0) is 104 Å². The monoisotopic (exact) mass is 584 g/mol. The van der Waals surface area contributed by atoms with Crippen molar-refractivity contribution in [1.82, 2.24) is 0 Å². The Bertz CT molecular complexity index is 1360. The molecular weight excluding hydrogens is 547 g/mol. The average molecular weight is 585 g/mol. The number of fused-ring (bicyclic) bond motifs is 5. The molecule has 0 spiro atoms. The van der Waals surface area contributed by atoms with Gasteiger partial charge in [-0.15, -0.1) is 12.6 Å². The Kier molecular flexibility index (Phi) is 7.70. The van der Waals surface area contributed by atoms with Crippen LogP contribution in [0.5, 0.6) is 0 Å². The molecule has 0 heterocycles. The summed E-state index contributed by atoms with van der Waals surface area (Å²) in [6.07, 6.45) is 6.21. The number of hydrogen-bond acceptors (Lipinski definition) is 8. The first kappa shape index (κ1) is 29.5. The number of benzene rings is 1. The number of carbonyl (C=O) groups is 3. The smallest absolute Gasteiger partial charge is 0.345 e. The quantitative estimate of drug-likeness (QED) is 0.341. The summed E-state index contributed by atoms with van der Waals surface area (Å²) in [6.45, 7) is 4.70. The molecule has 5 rings (SSSR count). The van der Waals surface area contributed by atoms with E-state index in [4.69, 9.17) is 20.2 Å². The maximum absolute atomic E-state index is 13.4. The summed E-state index contributed by atoms with van der Waals surface area (Å²) >= 11 is 4.18. The van der Waals surface area contributed by atoms with Crippen LogP contribution in [0.4, 0.5) is 10.1 Å². The number of allylic oxidation sites excluding steroid dienone is 3. The normalized spacial score (nSPS) is 38.0. The molecule has 0 saturated heterocycles. The first-order valence-electron chi connectivity index (χ1n) is 14.1. The van der Waals surface area contributed by atoms with Crippen molar-refractivity contribution < 1.29 is 33.4 Å². The highest BCUT2D eigenvalue weighted by Gasteiger charge is 2.70. The number of esters is 2. The molecule has 8 nitrogen and oxygen atoms in total. The molecule has 41 heavy (non-hydrogen) atoms. The second-order valence-corrected chi connectivity index (χ2v) is 12.8. The molecule has 1 aromatic carbocycles. The van der Waals surface area contributed by atoms with Gasteiger partial charge in [0.25, 0.3) is 0 Å². The number of thiol groups is 1. The van der Waals surface area contributed by atoms with Crippen LogP contribution in [0.2, 0.25) is 0 Å². The van der Waals surface area contributed by atoms with Crippen molar-refractivity contribution >= 4 is 41.1 Å². The van der Waals surface area contributed by atoms with Crippen LogP contribution >= 0.6 is 12.6 Å². The van der Waals surface area contributed by atoms with Gasteiger partial charge in [-0.25, -0.2) is 14.2 Å². The van der Waals surface area contributed by atoms with Gasteiger partial charge >= 0.3 is 11.9 Å². The van der Waals surface area contributed by atoms with E-state index in [0.717, 1.165) is 24.1 Å². The van der Waals surface area contributed by atoms with Crippen molar-refractivity contribution in [1.29, 1.82) is 0 Å². The Hall–Kier alpha value is -2.98.